The summed E-state index contributed by atoms with van der Waals surface area (Å²) >= 11 is 5.87. The first kappa shape index (κ1) is 13.9. The summed E-state index contributed by atoms with van der Waals surface area (Å²) in [7, 11) is 1.63. The lowest BCUT2D eigenvalue weighted by molar-refractivity contribution is 0.101. The Morgan fingerprint density at radius 2 is 2.25 bits per heavy atom. The number of nitriles is 1. The number of carbonyl (C=O) groups excluding carboxylic acids is 1. The van der Waals surface area contributed by atoms with Crippen molar-refractivity contribution >= 4 is 28.9 Å². The van der Waals surface area contributed by atoms with Crippen molar-refractivity contribution in [1.82, 2.24) is 9.78 Å². The molecule has 20 heavy (non-hydrogen) atoms. The number of aromatic nitrogens is 2. The minimum Gasteiger partial charge on any atom is -0.395 e. The van der Waals surface area contributed by atoms with Crippen molar-refractivity contribution in [2.45, 2.75) is 6.92 Å². The molecule has 1 aromatic heterocycles. The number of nitrogens with zero attached hydrogens (tertiary/aromatic N) is 3. The minimum atomic E-state index is -0.440. The third-order valence-electron chi connectivity index (χ3n) is 2.83. The van der Waals surface area contributed by atoms with Crippen LogP contribution in [0, 0.1) is 18.3 Å². The van der Waals surface area contributed by atoms with Gasteiger partial charge in [0, 0.05) is 12.1 Å². The zero-order valence-electron chi connectivity index (χ0n) is 10.9. The van der Waals surface area contributed by atoms with Gasteiger partial charge in [0.05, 0.1) is 22.6 Å². The second-order valence-electron chi connectivity index (χ2n) is 4.23. The van der Waals surface area contributed by atoms with E-state index in [1.165, 1.54) is 16.8 Å². The van der Waals surface area contributed by atoms with Crippen LogP contribution in [0.1, 0.15) is 21.7 Å². The van der Waals surface area contributed by atoms with Crippen molar-refractivity contribution in [3.8, 4) is 6.07 Å². The third-order valence-corrected chi connectivity index (χ3v) is 3.07. The van der Waals surface area contributed by atoms with Crippen LogP contribution >= 0.6 is 11.6 Å². The molecule has 0 unspecified atom stereocenters. The summed E-state index contributed by atoms with van der Waals surface area (Å²) in [6.45, 7) is 1.71. The van der Waals surface area contributed by atoms with E-state index in [0.29, 0.717) is 27.7 Å². The number of nitrogens with two attached hydrogens (primary N) is 1. The lowest BCUT2D eigenvalue weighted by Gasteiger charge is -2.08. The third kappa shape index (κ3) is 2.44. The molecular weight excluding hydrogens is 278 g/mol. The molecule has 0 atom stereocenters. The number of halogens is 1. The van der Waals surface area contributed by atoms with Crippen LogP contribution in [0.3, 0.4) is 0 Å². The van der Waals surface area contributed by atoms with Gasteiger partial charge in [-0.1, -0.05) is 11.6 Å². The number of carbonyl (C=O) groups is 1. The SMILES string of the molecule is Cc1nn(C)c(C(=O)Nc2cc(Cl)ccc2C#N)c1N. The highest BCUT2D eigenvalue weighted by Gasteiger charge is 2.19. The van der Waals surface area contributed by atoms with Crippen LogP contribution in [0.25, 0.3) is 0 Å². The molecule has 6 nitrogen and oxygen atoms in total. The van der Waals surface area contributed by atoms with E-state index in [4.69, 9.17) is 22.6 Å². The van der Waals surface area contributed by atoms with Crippen LogP contribution in [0.4, 0.5) is 11.4 Å². The van der Waals surface area contributed by atoms with Crippen LogP contribution < -0.4 is 11.1 Å². The molecule has 0 saturated carbocycles. The standard InChI is InChI=1S/C13H12ClN5O/c1-7-11(16)12(19(2)18-7)13(20)17-10-5-9(14)4-3-8(10)6-15/h3-5H,16H2,1-2H3,(H,17,20). The van der Waals surface area contributed by atoms with Gasteiger partial charge >= 0.3 is 0 Å². The van der Waals surface area contributed by atoms with Crippen molar-refractivity contribution < 1.29 is 4.79 Å². The molecule has 0 aliphatic heterocycles. The Morgan fingerprint density at radius 3 is 2.80 bits per heavy atom. The molecule has 1 heterocycles. The minimum absolute atomic E-state index is 0.242. The summed E-state index contributed by atoms with van der Waals surface area (Å²) in [6, 6.07) is 6.62. The fourth-order valence-electron chi connectivity index (χ4n) is 1.84. The summed E-state index contributed by atoms with van der Waals surface area (Å²) in [5, 5.41) is 16.1. The monoisotopic (exact) mass is 289 g/mol. The molecule has 3 N–H and O–H groups in total. The van der Waals surface area contributed by atoms with Gasteiger partial charge in [-0.3, -0.25) is 9.48 Å². The lowest BCUT2D eigenvalue weighted by atomic mass is 10.2. The number of hydrogen-bond acceptors (Lipinski definition) is 4. The Labute approximate surface area is 120 Å². The maximum absolute atomic E-state index is 12.2. The van der Waals surface area contributed by atoms with Gasteiger partial charge in [0.15, 0.2) is 0 Å². The summed E-state index contributed by atoms with van der Waals surface area (Å²) in [5.74, 6) is -0.440. The van der Waals surface area contributed by atoms with Gasteiger partial charge in [0.1, 0.15) is 11.8 Å². The highest BCUT2D eigenvalue weighted by atomic mass is 35.5. The molecule has 0 radical (unpaired) electrons. The lowest BCUT2D eigenvalue weighted by Crippen LogP contribution is -2.18. The van der Waals surface area contributed by atoms with Crippen molar-refractivity contribution in [2.24, 2.45) is 7.05 Å². The zero-order valence-corrected chi connectivity index (χ0v) is 11.7. The van der Waals surface area contributed by atoms with E-state index in [9.17, 15) is 4.79 Å². The maximum atomic E-state index is 12.2. The average molecular weight is 290 g/mol. The Hall–Kier alpha value is -2.52. The van der Waals surface area contributed by atoms with Gasteiger partial charge in [0.2, 0.25) is 0 Å². The first-order chi connectivity index (χ1) is 9.43. The highest BCUT2D eigenvalue weighted by molar-refractivity contribution is 6.31. The van der Waals surface area contributed by atoms with Gasteiger partial charge < -0.3 is 11.1 Å². The second kappa shape index (κ2) is 5.23. The molecular formula is C13H12ClN5O. The van der Waals surface area contributed by atoms with Crippen molar-refractivity contribution in [2.75, 3.05) is 11.1 Å². The van der Waals surface area contributed by atoms with Crippen LogP contribution in [-0.2, 0) is 7.05 Å². The van der Waals surface area contributed by atoms with Crippen LogP contribution in [0.15, 0.2) is 18.2 Å². The quantitative estimate of drug-likeness (QED) is 0.884. The largest absolute Gasteiger partial charge is 0.395 e. The van der Waals surface area contributed by atoms with Gasteiger partial charge in [-0.05, 0) is 25.1 Å². The molecule has 0 aliphatic rings. The average Bonchev–Trinajstić information content (AvgIpc) is 2.63. The molecule has 0 aliphatic carbocycles. The summed E-state index contributed by atoms with van der Waals surface area (Å²) in [4.78, 5) is 12.2. The fraction of sp³-hybridized carbons (Fsp3) is 0.154. The van der Waals surface area contributed by atoms with E-state index in [2.05, 4.69) is 10.4 Å². The smallest absolute Gasteiger partial charge is 0.276 e. The normalized spacial score (nSPS) is 10.1. The number of rotatable bonds is 2. The van der Waals surface area contributed by atoms with Crippen molar-refractivity contribution in [1.29, 1.82) is 5.26 Å². The number of amides is 1. The second-order valence-corrected chi connectivity index (χ2v) is 4.66. The predicted molar refractivity (Wildman–Crippen MR) is 76.5 cm³/mol. The first-order valence-electron chi connectivity index (χ1n) is 5.74. The number of nitrogen functional groups attached to an aromatic ring is 1. The molecule has 7 heteroatoms. The van der Waals surface area contributed by atoms with Gasteiger partial charge in [0.25, 0.3) is 5.91 Å². The number of benzene rings is 1. The van der Waals surface area contributed by atoms with E-state index >= 15 is 0 Å². The van der Waals surface area contributed by atoms with Crippen LogP contribution in [-0.4, -0.2) is 15.7 Å². The molecule has 1 aromatic carbocycles. The molecule has 0 fully saturated rings. The number of nitrogens with one attached hydrogen (secondary N) is 1. The maximum Gasteiger partial charge on any atom is 0.276 e. The van der Waals surface area contributed by atoms with Gasteiger partial charge in [-0.25, -0.2) is 0 Å². The Morgan fingerprint density at radius 1 is 1.55 bits per heavy atom. The van der Waals surface area contributed by atoms with Crippen LogP contribution in [0.2, 0.25) is 5.02 Å². The molecule has 2 rings (SSSR count). The van der Waals surface area contributed by atoms with E-state index in [-0.39, 0.29) is 5.69 Å². The fourth-order valence-corrected chi connectivity index (χ4v) is 2.01. The summed E-state index contributed by atoms with van der Waals surface area (Å²) < 4.78 is 1.40. The van der Waals surface area contributed by atoms with Crippen molar-refractivity contribution in [3.63, 3.8) is 0 Å². The van der Waals surface area contributed by atoms with E-state index in [1.807, 2.05) is 6.07 Å². The Bertz CT molecular complexity index is 729. The van der Waals surface area contributed by atoms with Gasteiger partial charge in [-0.15, -0.1) is 0 Å². The van der Waals surface area contributed by atoms with Gasteiger partial charge in [-0.2, -0.15) is 10.4 Å². The molecule has 0 spiro atoms. The number of hydrogen-bond donors (Lipinski definition) is 2. The number of anilines is 2. The highest BCUT2D eigenvalue weighted by Crippen LogP contribution is 2.22. The zero-order chi connectivity index (χ0) is 14.9. The summed E-state index contributed by atoms with van der Waals surface area (Å²) in [6.07, 6.45) is 0. The van der Waals surface area contributed by atoms with E-state index < -0.39 is 5.91 Å². The topological polar surface area (TPSA) is 96.7 Å². The molecule has 102 valence electrons. The molecule has 0 bridgehead atoms. The first-order valence-corrected chi connectivity index (χ1v) is 6.12. The Kier molecular flexibility index (Phi) is 3.63. The Balaban J connectivity index is 2.38. The number of aryl methyl sites for hydroxylation is 2. The molecule has 0 saturated heterocycles. The van der Waals surface area contributed by atoms with E-state index in [0.717, 1.165) is 0 Å². The predicted octanol–water partition coefficient (Wildman–Crippen LogP) is 2.09. The van der Waals surface area contributed by atoms with E-state index in [1.54, 1.807) is 20.0 Å². The van der Waals surface area contributed by atoms with Crippen molar-refractivity contribution in [3.05, 3.63) is 40.2 Å². The summed E-state index contributed by atoms with van der Waals surface area (Å²) in [5.41, 5.74) is 7.61. The molecule has 1 amide bonds. The molecule has 2 aromatic rings. The van der Waals surface area contributed by atoms with Crippen LogP contribution in [0.5, 0.6) is 0 Å².